The summed E-state index contributed by atoms with van der Waals surface area (Å²) in [6.07, 6.45) is 8.09. The first-order valence-corrected chi connectivity index (χ1v) is 8.66. The summed E-state index contributed by atoms with van der Waals surface area (Å²) in [5.41, 5.74) is 7.09. The summed E-state index contributed by atoms with van der Waals surface area (Å²) in [6.45, 7) is 12.8. The molecule has 2 rings (SSSR count). The topological polar surface area (TPSA) is 0 Å². The summed E-state index contributed by atoms with van der Waals surface area (Å²) in [7, 11) is 0. The molecule has 0 saturated heterocycles. The van der Waals surface area contributed by atoms with Crippen LogP contribution in [0.3, 0.4) is 0 Å². The maximum absolute atomic E-state index is 3.99. The van der Waals surface area contributed by atoms with Crippen molar-refractivity contribution in [1.82, 2.24) is 0 Å². The summed E-state index contributed by atoms with van der Waals surface area (Å²) in [5, 5.41) is 0. The number of benzene rings is 2. The van der Waals surface area contributed by atoms with Gasteiger partial charge in [0.2, 0.25) is 6.71 Å². The van der Waals surface area contributed by atoms with Gasteiger partial charge in [-0.25, -0.2) is 0 Å². The lowest BCUT2D eigenvalue weighted by molar-refractivity contribution is 1.09. The van der Waals surface area contributed by atoms with Crippen LogP contribution in [0.5, 0.6) is 0 Å². The van der Waals surface area contributed by atoms with Gasteiger partial charge in [0.1, 0.15) is 0 Å². The fraction of sp³-hybridized carbons (Fsp3) is 0.273. The molecule has 0 heterocycles. The SMILES string of the molecule is C=CCB(c1cccc(CC)c1)c1cccc(CC)c1CC=C. The van der Waals surface area contributed by atoms with Crippen LogP contribution in [0, 0.1) is 0 Å². The summed E-state index contributed by atoms with van der Waals surface area (Å²) in [5.74, 6) is 0. The minimum atomic E-state index is 0.375. The molecular weight excluding hydrogens is 275 g/mol. The number of hydrogen-bond donors (Lipinski definition) is 0. The number of allylic oxidation sites excluding steroid dienone is 2. The Morgan fingerprint density at radius 1 is 0.957 bits per heavy atom. The predicted octanol–water partition coefficient (Wildman–Crippen LogP) is 4.33. The monoisotopic (exact) mass is 302 g/mol. The van der Waals surface area contributed by atoms with E-state index in [4.69, 9.17) is 0 Å². The molecule has 118 valence electrons. The normalized spacial score (nSPS) is 10.3. The third-order valence-corrected chi connectivity index (χ3v) is 4.58. The molecule has 0 unspecified atom stereocenters. The lowest BCUT2D eigenvalue weighted by Crippen LogP contribution is -2.44. The molecule has 0 aliphatic heterocycles. The maximum atomic E-state index is 3.99. The van der Waals surface area contributed by atoms with Crippen LogP contribution in [-0.4, -0.2) is 6.71 Å². The third kappa shape index (κ3) is 4.04. The molecule has 0 radical (unpaired) electrons. The van der Waals surface area contributed by atoms with Crippen LogP contribution in [0.25, 0.3) is 0 Å². The molecule has 0 N–H and O–H groups in total. The standard InChI is InChI=1S/C22H27B/c1-5-11-21-19(8-4)13-10-15-22(21)23(16-6-2)20-14-9-12-18(7-3)17-20/h5-6,9-10,12-15,17H,1-2,7-8,11,16H2,3-4H3. The number of rotatable bonds is 8. The highest BCUT2D eigenvalue weighted by Gasteiger charge is 2.21. The predicted molar refractivity (Wildman–Crippen MR) is 106 cm³/mol. The van der Waals surface area contributed by atoms with Crippen molar-refractivity contribution in [3.05, 3.63) is 84.5 Å². The fourth-order valence-corrected chi connectivity index (χ4v) is 3.34. The Hall–Kier alpha value is -2.02. The Morgan fingerprint density at radius 2 is 1.74 bits per heavy atom. The van der Waals surface area contributed by atoms with E-state index in [1.54, 1.807) is 0 Å². The van der Waals surface area contributed by atoms with Gasteiger partial charge in [-0.05, 0) is 42.3 Å². The van der Waals surface area contributed by atoms with Gasteiger partial charge in [-0.2, -0.15) is 0 Å². The minimum Gasteiger partial charge on any atom is -0.104 e. The second-order valence-corrected chi connectivity index (χ2v) is 6.01. The van der Waals surface area contributed by atoms with Gasteiger partial charge in [0.05, 0.1) is 0 Å². The second kappa shape index (κ2) is 8.57. The van der Waals surface area contributed by atoms with Crippen LogP contribution in [0.1, 0.15) is 30.5 Å². The minimum absolute atomic E-state index is 0.375. The van der Waals surface area contributed by atoms with Gasteiger partial charge in [0, 0.05) is 0 Å². The quantitative estimate of drug-likeness (QED) is 0.503. The summed E-state index contributed by atoms with van der Waals surface area (Å²) < 4.78 is 0. The first kappa shape index (κ1) is 17.3. The molecule has 0 aromatic heterocycles. The van der Waals surface area contributed by atoms with E-state index in [9.17, 15) is 0 Å². The van der Waals surface area contributed by atoms with Crippen LogP contribution in [-0.2, 0) is 19.3 Å². The Kier molecular flexibility index (Phi) is 6.46. The van der Waals surface area contributed by atoms with Gasteiger partial charge in [0.25, 0.3) is 0 Å². The highest BCUT2D eigenvalue weighted by molar-refractivity contribution is 6.85. The van der Waals surface area contributed by atoms with Crippen LogP contribution in [0.15, 0.2) is 67.8 Å². The van der Waals surface area contributed by atoms with Crippen LogP contribution in [0.2, 0.25) is 6.32 Å². The van der Waals surface area contributed by atoms with E-state index in [1.807, 2.05) is 12.2 Å². The Balaban J connectivity index is 2.56. The highest BCUT2D eigenvalue weighted by atomic mass is 14.1. The van der Waals surface area contributed by atoms with Crippen molar-refractivity contribution in [3.63, 3.8) is 0 Å². The molecule has 0 bridgehead atoms. The Labute approximate surface area is 142 Å². The Morgan fingerprint density at radius 3 is 2.39 bits per heavy atom. The largest absolute Gasteiger partial charge is 0.213 e. The van der Waals surface area contributed by atoms with Crippen LogP contribution >= 0.6 is 0 Å². The van der Waals surface area contributed by atoms with E-state index in [2.05, 4.69) is 69.5 Å². The molecule has 0 fully saturated rings. The molecule has 1 heteroatoms. The molecule has 0 aliphatic rings. The molecular formula is C22H27B. The number of aryl methyl sites for hydroxylation is 2. The van der Waals surface area contributed by atoms with E-state index >= 15 is 0 Å². The zero-order valence-corrected chi connectivity index (χ0v) is 14.5. The first-order chi connectivity index (χ1) is 11.2. The van der Waals surface area contributed by atoms with E-state index in [0.717, 1.165) is 25.6 Å². The van der Waals surface area contributed by atoms with Crippen molar-refractivity contribution in [1.29, 1.82) is 0 Å². The lowest BCUT2D eigenvalue weighted by atomic mass is 9.37. The van der Waals surface area contributed by atoms with E-state index < -0.39 is 0 Å². The maximum Gasteiger partial charge on any atom is 0.213 e. The van der Waals surface area contributed by atoms with Gasteiger partial charge in [-0.1, -0.05) is 79.4 Å². The zero-order chi connectivity index (χ0) is 16.7. The van der Waals surface area contributed by atoms with Crippen molar-refractivity contribution in [2.24, 2.45) is 0 Å². The van der Waals surface area contributed by atoms with Crippen LogP contribution < -0.4 is 10.9 Å². The highest BCUT2D eigenvalue weighted by Crippen LogP contribution is 2.12. The summed E-state index contributed by atoms with van der Waals surface area (Å²) in [4.78, 5) is 0. The van der Waals surface area contributed by atoms with Crippen molar-refractivity contribution in [2.75, 3.05) is 0 Å². The molecule has 2 aromatic rings. The third-order valence-electron chi connectivity index (χ3n) is 4.58. The van der Waals surface area contributed by atoms with Crippen molar-refractivity contribution in [3.8, 4) is 0 Å². The van der Waals surface area contributed by atoms with Crippen molar-refractivity contribution in [2.45, 2.75) is 39.4 Å². The van der Waals surface area contributed by atoms with Crippen LogP contribution in [0.4, 0.5) is 0 Å². The average Bonchev–Trinajstić information content (AvgIpc) is 2.60. The smallest absolute Gasteiger partial charge is 0.104 e. The molecule has 0 amide bonds. The Bertz CT molecular complexity index is 669. The van der Waals surface area contributed by atoms with Gasteiger partial charge in [-0.15, -0.1) is 13.2 Å². The lowest BCUT2D eigenvalue weighted by Gasteiger charge is -2.20. The molecule has 0 saturated carbocycles. The molecule has 0 nitrogen and oxygen atoms in total. The van der Waals surface area contributed by atoms with Gasteiger partial charge in [0.15, 0.2) is 0 Å². The fourth-order valence-electron chi connectivity index (χ4n) is 3.34. The average molecular weight is 302 g/mol. The van der Waals surface area contributed by atoms with Crippen molar-refractivity contribution < 1.29 is 0 Å². The van der Waals surface area contributed by atoms with Gasteiger partial charge < -0.3 is 0 Å². The van der Waals surface area contributed by atoms with E-state index in [0.29, 0.717) is 6.71 Å². The molecule has 2 aromatic carbocycles. The zero-order valence-electron chi connectivity index (χ0n) is 14.5. The van der Waals surface area contributed by atoms with Gasteiger partial charge in [-0.3, -0.25) is 0 Å². The molecule has 23 heavy (non-hydrogen) atoms. The summed E-state index contributed by atoms with van der Waals surface area (Å²) >= 11 is 0. The second-order valence-electron chi connectivity index (χ2n) is 6.01. The molecule has 0 spiro atoms. The van der Waals surface area contributed by atoms with Crippen molar-refractivity contribution >= 4 is 17.6 Å². The van der Waals surface area contributed by atoms with Gasteiger partial charge >= 0.3 is 0 Å². The first-order valence-electron chi connectivity index (χ1n) is 8.66. The summed E-state index contributed by atoms with van der Waals surface area (Å²) in [6, 6.07) is 15.7. The molecule has 0 atom stereocenters. The number of hydrogen-bond acceptors (Lipinski definition) is 0. The van der Waals surface area contributed by atoms with E-state index in [-0.39, 0.29) is 0 Å². The molecule has 0 aliphatic carbocycles. The van der Waals surface area contributed by atoms with E-state index in [1.165, 1.54) is 27.6 Å².